The zero-order chi connectivity index (χ0) is 26.4. The minimum atomic E-state index is -2.54. The van der Waals surface area contributed by atoms with Crippen LogP contribution in [-0.2, 0) is 23.6 Å². The summed E-state index contributed by atoms with van der Waals surface area (Å²) in [6.45, 7) is 0. The van der Waals surface area contributed by atoms with Gasteiger partial charge in [-0.3, -0.25) is 0 Å². The molecule has 0 atom stereocenters. The van der Waals surface area contributed by atoms with Crippen LogP contribution in [0.2, 0.25) is 0 Å². The molecule has 0 N–H and O–H groups in total. The molecule has 0 fully saturated rings. The lowest BCUT2D eigenvalue weighted by Gasteiger charge is -2.30. The van der Waals surface area contributed by atoms with Crippen molar-refractivity contribution in [1.82, 2.24) is 0 Å². The predicted molar refractivity (Wildman–Crippen MR) is 172 cm³/mol. The Morgan fingerprint density at radius 3 is 1.26 bits per heavy atom. The Kier molecular flexibility index (Phi) is 7.99. The standard InChI is InChI=1S/C33H25NP2S2/c34-25-27-21-23-28(24-22-27)33(36(38,31-17-9-3-10-18-31)32-19-11-4-12-20-32)26-35(37,29-13-5-1-6-14-29)30-15-7-2-8-16-30/h1-24,26H/b33-26+. The fraction of sp³-hybridized carbons (Fsp3) is 0. The van der Waals surface area contributed by atoms with E-state index in [0.29, 0.717) is 5.56 Å². The Hall–Kier alpha value is -3.37. The summed E-state index contributed by atoms with van der Waals surface area (Å²) in [7, 11) is 0. The molecule has 0 heterocycles. The second-order valence-electron chi connectivity index (χ2n) is 8.81. The Balaban J connectivity index is 1.89. The first kappa shape index (κ1) is 26.2. The van der Waals surface area contributed by atoms with Gasteiger partial charge in [0.25, 0.3) is 0 Å². The molecule has 0 aliphatic rings. The van der Waals surface area contributed by atoms with E-state index < -0.39 is 12.1 Å². The highest BCUT2D eigenvalue weighted by atomic mass is 32.4. The summed E-state index contributed by atoms with van der Waals surface area (Å²) >= 11 is 13.5. The highest BCUT2D eigenvalue weighted by Crippen LogP contribution is 2.61. The Morgan fingerprint density at radius 1 is 0.526 bits per heavy atom. The van der Waals surface area contributed by atoms with Crippen LogP contribution in [0.15, 0.2) is 151 Å². The van der Waals surface area contributed by atoms with Gasteiger partial charge in [-0.1, -0.05) is 157 Å². The highest BCUT2D eigenvalue weighted by molar-refractivity contribution is 8.28. The third-order valence-corrected chi connectivity index (χ3v) is 16.0. The van der Waals surface area contributed by atoms with Crippen LogP contribution in [0.4, 0.5) is 0 Å². The van der Waals surface area contributed by atoms with Gasteiger partial charge in [0, 0.05) is 17.4 Å². The van der Waals surface area contributed by atoms with Gasteiger partial charge >= 0.3 is 0 Å². The number of nitrogens with zero attached hydrogens (tertiary/aromatic N) is 1. The van der Waals surface area contributed by atoms with Crippen molar-refractivity contribution in [3.63, 3.8) is 0 Å². The fourth-order valence-electron chi connectivity index (χ4n) is 4.53. The SMILES string of the molecule is N#Cc1ccc(/C(=C\P(=S)(c2ccccc2)c2ccccc2)P(=S)(c2ccccc2)c2ccccc2)cc1. The lowest BCUT2D eigenvalue weighted by atomic mass is 10.1. The molecular formula is C33H25NP2S2. The summed E-state index contributed by atoms with van der Waals surface area (Å²) in [5.41, 5.74) is 1.62. The fourth-order valence-corrected chi connectivity index (χ4v) is 13.3. The topological polar surface area (TPSA) is 23.8 Å². The van der Waals surface area contributed by atoms with E-state index in [1.807, 2.05) is 48.5 Å². The molecule has 5 rings (SSSR count). The normalized spacial score (nSPS) is 12.0. The maximum absolute atomic E-state index is 9.48. The molecule has 0 bridgehead atoms. The molecule has 0 saturated carbocycles. The van der Waals surface area contributed by atoms with Gasteiger partial charge in [0.15, 0.2) is 0 Å². The zero-order valence-electron chi connectivity index (χ0n) is 20.6. The average Bonchev–Trinajstić information content (AvgIpc) is 3.01. The van der Waals surface area contributed by atoms with Crippen LogP contribution >= 0.6 is 12.1 Å². The van der Waals surface area contributed by atoms with Gasteiger partial charge in [-0.05, 0) is 44.7 Å². The molecular weight excluding hydrogens is 536 g/mol. The quantitative estimate of drug-likeness (QED) is 0.198. The smallest absolute Gasteiger partial charge is 0.0991 e. The number of nitriles is 1. The van der Waals surface area contributed by atoms with E-state index in [4.69, 9.17) is 23.6 Å². The van der Waals surface area contributed by atoms with Crippen LogP contribution in [0.5, 0.6) is 0 Å². The molecule has 0 aliphatic heterocycles. The molecule has 5 aromatic rings. The summed E-state index contributed by atoms with van der Waals surface area (Å²) in [6.07, 6.45) is 0. The molecule has 5 aromatic carbocycles. The van der Waals surface area contributed by atoms with Crippen LogP contribution in [0, 0.1) is 11.3 Å². The predicted octanol–water partition coefficient (Wildman–Crippen LogP) is 7.12. The van der Waals surface area contributed by atoms with Crippen molar-refractivity contribution in [3.05, 3.63) is 163 Å². The van der Waals surface area contributed by atoms with Crippen molar-refractivity contribution in [2.24, 2.45) is 0 Å². The molecule has 0 aromatic heterocycles. The molecule has 0 aliphatic carbocycles. The van der Waals surface area contributed by atoms with Crippen molar-refractivity contribution in [3.8, 4) is 6.07 Å². The molecule has 0 saturated heterocycles. The first-order chi connectivity index (χ1) is 18.6. The summed E-state index contributed by atoms with van der Waals surface area (Å²) in [6, 6.07) is 46.7. The van der Waals surface area contributed by atoms with Crippen molar-refractivity contribution in [2.75, 3.05) is 0 Å². The minimum Gasteiger partial charge on any atom is -0.192 e. The number of benzene rings is 5. The second-order valence-corrected chi connectivity index (χ2v) is 17.5. The van der Waals surface area contributed by atoms with Crippen LogP contribution in [0.3, 0.4) is 0 Å². The van der Waals surface area contributed by atoms with Crippen LogP contribution in [0.25, 0.3) is 5.31 Å². The molecule has 0 spiro atoms. The summed E-state index contributed by atoms with van der Waals surface area (Å²) in [5, 5.41) is 15.0. The number of hydrogen-bond donors (Lipinski definition) is 0. The summed E-state index contributed by atoms with van der Waals surface area (Å²) in [4.78, 5) is 0. The second kappa shape index (κ2) is 11.6. The van der Waals surface area contributed by atoms with Gasteiger partial charge < -0.3 is 0 Å². The van der Waals surface area contributed by atoms with Gasteiger partial charge in [0.2, 0.25) is 0 Å². The monoisotopic (exact) mass is 561 g/mol. The molecule has 1 nitrogen and oxygen atoms in total. The van der Waals surface area contributed by atoms with E-state index in [9.17, 15) is 5.26 Å². The molecule has 184 valence electrons. The Morgan fingerprint density at radius 2 is 0.895 bits per heavy atom. The summed E-state index contributed by atoms with van der Waals surface area (Å²) < 4.78 is 0. The third-order valence-electron chi connectivity index (χ3n) is 6.47. The first-order valence-corrected chi connectivity index (χ1v) is 17.9. The lowest BCUT2D eigenvalue weighted by molar-refractivity contribution is 1.48. The van der Waals surface area contributed by atoms with E-state index in [-0.39, 0.29) is 0 Å². The van der Waals surface area contributed by atoms with E-state index in [1.165, 1.54) is 0 Å². The van der Waals surface area contributed by atoms with Crippen molar-refractivity contribution < 1.29 is 0 Å². The van der Waals surface area contributed by atoms with Crippen molar-refractivity contribution in [2.45, 2.75) is 0 Å². The number of hydrogen-bond acceptors (Lipinski definition) is 3. The third kappa shape index (κ3) is 5.15. The van der Waals surface area contributed by atoms with Gasteiger partial charge in [-0.2, -0.15) is 5.26 Å². The molecule has 38 heavy (non-hydrogen) atoms. The zero-order valence-corrected chi connectivity index (χ0v) is 24.0. The van der Waals surface area contributed by atoms with E-state index in [1.54, 1.807) is 0 Å². The number of rotatable bonds is 7. The van der Waals surface area contributed by atoms with E-state index in [2.05, 4.69) is 109 Å². The van der Waals surface area contributed by atoms with Crippen LogP contribution < -0.4 is 21.2 Å². The molecule has 0 unspecified atom stereocenters. The van der Waals surface area contributed by atoms with E-state index in [0.717, 1.165) is 32.1 Å². The molecule has 5 heteroatoms. The highest BCUT2D eigenvalue weighted by Gasteiger charge is 2.31. The first-order valence-electron chi connectivity index (χ1n) is 12.2. The Labute approximate surface area is 235 Å². The van der Waals surface area contributed by atoms with Crippen LogP contribution in [0.1, 0.15) is 11.1 Å². The van der Waals surface area contributed by atoms with Crippen LogP contribution in [-0.4, -0.2) is 0 Å². The Bertz CT molecular complexity index is 1610. The van der Waals surface area contributed by atoms with Gasteiger partial charge in [0.05, 0.1) is 11.6 Å². The maximum atomic E-state index is 9.48. The molecule has 0 radical (unpaired) electrons. The van der Waals surface area contributed by atoms with E-state index >= 15 is 0 Å². The lowest BCUT2D eigenvalue weighted by Crippen LogP contribution is -2.19. The van der Waals surface area contributed by atoms with Crippen molar-refractivity contribution >= 4 is 62.2 Å². The average molecular weight is 562 g/mol. The molecule has 0 amide bonds. The van der Waals surface area contributed by atoms with Crippen molar-refractivity contribution in [1.29, 1.82) is 5.26 Å². The largest absolute Gasteiger partial charge is 0.192 e. The summed E-state index contributed by atoms with van der Waals surface area (Å²) in [5.74, 6) is 2.31. The van der Waals surface area contributed by atoms with Gasteiger partial charge in [-0.15, -0.1) is 0 Å². The maximum Gasteiger partial charge on any atom is 0.0991 e. The van der Waals surface area contributed by atoms with Gasteiger partial charge in [-0.25, -0.2) is 0 Å². The minimum absolute atomic E-state index is 0.617. The van der Waals surface area contributed by atoms with Gasteiger partial charge in [0.1, 0.15) is 0 Å².